The zero-order chi connectivity index (χ0) is 7.00. The predicted octanol–water partition coefficient (Wildman–Crippen LogP) is 1.85. The highest BCUT2D eigenvalue weighted by molar-refractivity contribution is 6.82. The van der Waals surface area contributed by atoms with E-state index < -0.39 is 7.75 Å². The molecule has 0 spiro atoms. The zero-order valence-corrected chi connectivity index (χ0v) is 9.67. The Morgan fingerprint density at radius 1 is 0.875 bits per heavy atom. The van der Waals surface area contributed by atoms with Crippen LogP contribution in [-0.4, -0.2) is 18.0 Å². The summed E-state index contributed by atoms with van der Waals surface area (Å²) in [4.78, 5) is 0. The highest BCUT2D eigenvalue weighted by Crippen LogP contribution is 2.43. The van der Waals surface area contributed by atoms with Gasteiger partial charge in [-0.15, -0.1) is 23.2 Å². The monoisotopic (exact) mass is 230 g/mol. The average molecular weight is 232 g/mol. The van der Waals surface area contributed by atoms with Crippen LogP contribution in [0.1, 0.15) is 0 Å². The summed E-state index contributed by atoms with van der Waals surface area (Å²) in [6.07, 6.45) is 0. The molecule has 0 atom stereocenters. The molecule has 0 radical (unpaired) electrons. The molecule has 0 aliphatic rings. The van der Waals surface area contributed by atoms with Gasteiger partial charge < -0.3 is 0 Å². The van der Waals surface area contributed by atoms with Gasteiger partial charge in [-0.05, 0) is 0 Å². The first-order chi connectivity index (χ1) is 3.25. The van der Waals surface area contributed by atoms with Crippen LogP contribution in [0.4, 0.5) is 0 Å². The van der Waals surface area contributed by atoms with Crippen molar-refractivity contribution >= 4 is 68.2 Å². The van der Waals surface area contributed by atoms with Gasteiger partial charge in [-0.25, -0.2) is 0 Å². The van der Waals surface area contributed by atoms with E-state index in [1.54, 1.807) is 0 Å². The lowest BCUT2D eigenvalue weighted by Gasteiger charge is -2.21. The fourth-order valence-electron chi connectivity index (χ4n) is 0. The molecular weight excluding hydrogens is 229 g/mol. The van der Waals surface area contributed by atoms with Crippen LogP contribution in [-0.2, 0) is 0 Å². The fourth-order valence-corrected chi connectivity index (χ4v) is 0. The van der Waals surface area contributed by atoms with Crippen molar-refractivity contribution < 1.29 is 0 Å². The molecule has 0 rings (SSSR count). The Labute approximate surface area is 75.8 Å². The van der Waals surface area contributed by atoms with Gasteiger partial charge in [0.1, 0.15) is 3.96 Å². The molecule has 6 heteroatoms. The Morgan fingerprint density at radius 2 is 1.00 bits per heavy atom. The van der Waals surface area contributed by atoms with E-state index in [1.807, 2.05) is 0 Å². The fraction of sp³-hybridized carbons (Fsp3) is 1.00. The van der Waals surface area contributed by atoms with E-state index in [-0.39, 0.29) is 0 Å². The summed E-state index contributed by atoms with van der Waals surface area (Å²) in [7, 11) is 0.422. The molecule has 0 aliphatic carbocycles. The Bertz CT molecular complexity index is 65.4. The first-order valence-corrected chi connectivity index (χ1v) is 4.58. The summed E-state index contributed by atoms with van der Waals surface area (Å²) in [6.45, 7) is 0. The van der Waals surface area contributed by atoms with Crippen molar-refractivity contribution in [2.24, 2.45) is 0 Å². The maximum atomic E-state index is 5.44. The number of halogens is 5. The molecule has 0 bridgehead atoms. The second-order valence-corrected chi connectivity index (χ2v) is 8.14. The first kappa shape index (κ1) is 9.67. The minimum Gasteiger partial charge on any atom is -0.102 e. The molecule has 0 saturated carbocycles. The molecule has 0 unspecified atom stereocenters. The molecule has 0 heterocycles. The minimum atomic E-state index is -1.55. The normalized spacial score (nSPS) is 14.6. The van der Waals surface area contributed by atoms with Gasteiger partial charge in [0.25, 0.3) is 0 Å². The van der Waals surface area contributed by atoms with E-state index in [4.69, 9.17) is 58.0 Å². The SMILES string of the molecule is [SiH3]C(Cl)(Cl)C(Cl)(Cl)Cl. The smallest absolute Gasteiger partial charge is 0.102 e. The van der Waals surface area contributed by atoms with Gasteiger partial charge in [0.2, 0.25) is 3.79 Å². The quantitative estimate of drug-likeness (QED) is 0.442. The van der Waals surface area contributed by atoms with Gasteiger partial charge in [-0.3, -0.25) is 0 Å². The van der Waals surface area contributed by atoms with E-state index in [9.17, 15) is 0 Å². The second kappa shape index (κ2) is 2.73. The summed E-state index contributed by atoms with van der Waals surface area (Å²) >= 11 is 26.8. The minimum absolute atomic E-state index is 0.422. The number of alkyl halides is 5. The van der Waals surface area contributed by atoms with Gasteiger partial charge in [-0.2, -0.15) is 0 Å². The Balaban J connectivity index is 4.02. The van der Waals surface area contributed by atoms with Crippen molar-refractivity contribution in [2.75, 3.05) is 0 Å². The summed E-state index contributed by atoms with van der Waals surface area (Å²) in [6, 6.07) is 0. The van der Waals surface area contributed by atoms with Crippen molar-refractivity contribution in [2.45, 2.75) is 7.75 Å². The van der Waals surface area contributed by atoms with Crippen LogP contribution < -0.4 is 0 Å². The van der Waals surface area contributed by atoms with Gasteiger partial charge >= 0.3 is 0 Å². The lowest BCUT2D eigenvalue weighted by Crippen LogP contribution is -2.30. The van der Waals surface area contributed by atoms with Gasteiger partial charge in [0.05, 0.1) is 10.2 Å². The van der Waals surface area contributed by atoms with Crippen LogP contribution in [0.15, 0.2) is 0 Å². The molecule has 0 aromatic rings. The maximum Gasteiger partial charge on any atom is 0.218 e. The van der Waals surface area contributed by atoms with Crippen LogP contribution in [0, 0.1) is 0 Å². The van der Waals surface area contributed by atoms with E-state index in [2.05, 4.69) is 0 Å². The average Bonchev–Trinajstić information content (AvgIpc) is 1.25. The Hall–Kier alpha value is 1.67. The highest BCUT2D eigenvalue weighted by Gasteiger charge is 2.40. The van der Waals surface area contributed by atoms with Crippen molar-refractivity contribution in [3.8, 4) is 0 Å². The van der Waals surface area contributed by atoms with E-state index in [0.29, 0.717) is 10.2 Å². The lowest BCUT2D eigenvalue weighted by molar-refractivity contribution is 1.10. The molecule has 0 aliphatic heterocycles. The van der Waals surface area contributed by atoms with Crippen LogP contribution in [0.25, 0.3) is 0 Å². The van der Waals surface area contributed by atoms with Gasteiger partial charge in [0, 0.05) is 0 Å². The second-order valence-electron chi connectivity index (χ2n) is 1.39. The third-order valence-corrected chi connectivity index (χ3v) is 4.48. The van der Waals surface area contributed by atoms with Crippen LogP contribution >= 0.6 is 58.0 Å². The number of hydrogen-bond acceptors (Lipinski definition) is 0. The third kappa shape index (κ3) is 2.99. The topological polar surface area (TPSA) is 0 Å². The summed E-state index contributed by atoms with van der Waals surface area (Å²) < 4.78 is -2.74. The van der Waals surface area contributed by atoms with Crippen molar-refractivity contribution in [3.05, 3.63) is 0 Å². The lowest BCUT2D eigenvalue weighted by atomic mass is 10.9. The summed E-state index contributed by atoms with van der Waals surface area (Å²) in [5.74, 6) is 0. The van der Waals surface area contributed by atoms with E-state index in [0.717, 1.165) is 0 Å². The predicted molar refractivity (Wildman–Crippen MR) is 44.7 cm³/mol. The third-order valence-electron chi connectivity index (χ3n) is 0.498. The molecule has 0 N–H and O–H groups in total. The molecule has 8 heavy (non-hydrogen) atoms. The summed E-state index contributed by atoms with van der Waals surface area (Å²) in [5, 5.41) is 0. The van der Waals surface area contributed by atoms with Crippen LogP contribution in [0.2, 0.25) is 0 Å². The van der Waals surface area contributed by atoms with Crippen LogP contribution in [0.3, 0.4) is 0 Å². The Kier molecular flexibility index (Phi) is 3.30. The first-order valence-electron chi connectivity index (χ1n) is 1.69. The molecule has 0 saturated heterocycles. The van der Waals surface area contributed by atoms with Crippen molar-refractivity contribution in [1.29, 1.82) is 0 Å². The molecule has 0 aromatic heterocycles. The Morgan fingerprint density at radius 3 is 1.00 bits per heavy atom. The van der Waals surface area contributed by atoms with Crippen molar-refractivity contribution in [3.63, 3.8) is 0 Å². The van der Waals surface area contributed by atoms with Gasteiger partial charge in [0.15, 0.2) is 0 Å². The standard InChI is InChI=1S/C2H3Cl5Si/c3-1(4,5)2(6,7)8/h8H3. The van der Waals surface area contributed by atoms with Crippen LogP contribution in [0.5, 0.6) is 0 Å². The molecular formula is C2H3Cl5Si. The largest absolute Gasteiger partial charge is 0.218 e. The molecule has 0 nitrogen and oxygen atoms in total. The van der Waals surface area contributed by atoms with Crippen molar-refractivity contribution in [1.82, 2.24) is 0 Å². The van der Waals surface area contributed by atoms with E-state index in [1.165, 1.54) is 0 Å². The molecule has 0 fully saturated rings. The van der Waals surface area contributed by atoms with E-state index >= 15 is 0 Å². The molecule has 50 valence electrons. The highest BCUT2D eigenvalue weighted by atomic mass is 35.6. The maximum absolute atomic E-state index is 5.44. The molecule has 0 amide bonds. The number of rotatable bonds is 0. The summed E-state index contributed by atoms with van der Waals surface area (Å²) in [5.41, 5.74) is 0. The zero-order valence-electron chi connectivity index (χ0n) is 3.89. The number of hydrogen-bond donors (Lipinski definition) is 0. The molecule has 0 aromatic carbocycles. The van der Waals surface area contributed by atoms with Gasteiger partial charge in [-0.1, -0.05) is 34.8 Å².